The van der Waals surface area contributed by atoms with Gasteiger partial charge in [-0.1, -0.05) is 26.0 Å². The standard InChI is InChI=1S/C31H42F2N4O5/c1-4-9-37(10-5-2)27(39)16-24-28(30(34)40)29(24)31(41)36-25(14-20-11-21(32)15-22(33)12-20)26(38)18-35-17-19-7-6-8-23(13-19)42-3/h6-8,11-13,15,24-26,28-29,35,38H,4-5,9-10,14,16-18H2,1-3H3,(H2,34,40)(H,36,41)/t24-,25-,26+,28+,29-/m0/s1. The molecule has 1 aliphatic carbocycles. The minimum Gasteiger partial charge on any atom is -0.497 e. The van der Waals surface area contributed by atoms with Crippen LogP contribution < -0.4 is 21.1 Å². The SMILES string of the molecule is CCCN(CCC)C(=O)C[C@H]1[C@@H](C(N)=O)[C@H]1C(=O)N[C@@H](Cc1cc(F)cc(F)c1)[C@H](O)CNCc1cccc(OC)c1. The summed E-state index contributed by atoms with van der Waals surface area (Å²) in [6.45, 7) is 5.55. The van der Waals surface area contributed by atoms with Crippen LogP contribution in [0.25, 0.3) is 0 Å². The molecule has 230 valence electrons. The molecule has 3 amide bonds. The van der Waals surface area contributed by atoms with Gasteiger partial charge in [-0.3, -0.25) is 14.4 Å². The van der Waals surface area contributed by atoms with Gasteiger partial charge in [0.15, 0.2) is 0 Å². The van der Waals surface area contributed by atoms with E-state index in [1.165, 1.54) is 0 Å². The summed E-state index contributed by atoms with van der Waals surface area (Å²) in [5.74, 6) is -4.42. The van der Waals surface area contributed by atoms with Crippen LogP contribution in [0.1, 0.15) is 44.2 Å². The molecule has 0 unspecified atom stereocenters. The molecule has 0 saturated heterocycles. The van der Waals surface area contributed by atoms with Gasteiger partial charge in [0.25, 0.3) is 0 Å². The molecule has 1 fully saturated rings. The van der Waals surface area contributed by atoms with Crippen molar-refractivity contribution < 1.29 is 33.0 Å². The van der Waals surface area contributed by atoms with Crippen molar-refractivity contribution in [2.24, 2.45) is 23.5 Å². The summed E-state index contributed by atoms with van der Waals surface area (Å²) in [5, 5.41) is 17.0. The fraction of sp³-hybridized carbons (Fsp3) is 0.516. The number of benzene rings is 2. The van der Waals surface area contributed by atoms with Gasteiger partial charge < -0.3 is 31.1 Å². The van der Waals surface area contributed by atoms with Crippen molar-refractivity contribution in [3.05, 3.63) is 65.2 Å². The molecular weight excluding hydrogens is 546 g/mol. The number of hydrogen-bond donors (Lipinski definition) is 4. The Bertz CT molecular complexity index is 1200. The first-order chi connectivity index (χ1) is 20.1. The molecular formula is C31H42F2N4O5. The molecule has 42 heavy (non-hydrogen) atoms. The molecule has 2 aromatic rings. The number of carbonyl (C=O) groups excluding carboxylic acids is 3. The van der Waals surface area contributed by atoms with Crippen molar-refractivity contribution in [1.29, 1.82) is 0 Å². The first kappa shape index (κ1) is 32.9. The Labute approximate surface area is 245 Å². The molecule has 1 aliphatic rings. The number of ether oxygens (including phenoxy) is 1. The van der Waals surface area contributed by atoms with E-state index in [4.69, 9.17) is 10.5 Å². The van der Waals surface area contributed by atoms with Gasteiger partial charge in [0.1, 0.15) is 17.4 Å². The Morgan fingerprint density at radius 1 is 1.02 bits per heavy atom. The highest BCUT2D eigenvalue weighted by Gasteiger charge is 2.59. The largest absolute Gasteiger partial charge is 0.497 e. The van der Waals surface area contributed by atoms with Crippen molar-refractivity contribution in [3.63, 3.8) is 0 Å². The summed E-state index contributed by atoms with van der Waals surface area (Å²) in [4.78, 5) is 40.2. The Kier molecular flexibility index (Phi) is 12.2. The molecule has 1 saturated carbocycles. The van der Waals surface area contributed by atoms with Crippen LogP contribution in [0.4, 0.5) is 8.78 Å². The van der Waals surface area contributed by atoms with Gasteiger partial charge in [-0.15, -0.1) is 0 Å². The van der Waals surface area contributed by atoms with Crippen LogP contribution in [0.15, 0.2) is 42.5 Å². The first-order valence-corrected chi connectivity index (χ1v) is 14.4. The Morgan fingerprint density at radius 2 is 1.69 bits per heavy atom. The lowest BCUT2D eigenvalue weighted by Crippen LogP contribution is -2.49. The van der Waals surface area contributed by atoms with E-state index in [0.29, 0.717) is 25.4 Å². The number of nitrogens with two attached hydrogens (primary N) is 1. The highest BCUT2D eigenvalue weighted by molar-refractivity contribution is 5.94. The number of aliphatic hydroxyl groups excluding tert-OH is 1. The van der Waals surface area contributed by atoms with Crippen LogP contribution in [-0.2, 0) is 27.3 Å². The van der Waals surface area contributed by atoms with Crippen LogP contribution in [0.5, 0.6) is 5.75 Å². The Hall–Kier alpha value is -3.57. The number of amides is 3. The first-order valence-electron chi connectivity index (χ1n) is 14.4. The topological polar surface area (TPSA) is 134 Å². The molecule has 0 aliphatic heterocycles. The minimum absolute atomic E-state index is 0.0100. The average Bonchev–Trinajstić information content (AvgIpc) is 3.66. The molecule has 0 aromatic heterocycles. The van der Waals surface area contributed by atoms with Crippen LogP contribution >= 0.6 is 0 Å². The lowest BCUT2D eigenvalue weighted by molar-refractivity contribution is -0.131. The highest BCUT2D eigenvalue weighted by Crippen LogP contribution is 2.49. The molecule has 2 aromatic carbocycles. The predicted molar refractivity (Wildman–Crippen MR) is 154 cm³/mol. The Balaban J connectivity index is 1.72. The van der Waals surface area contributed by atoms with E-state index < -0.39 is 53.3 Å². The van der Waals surface area contributed by atoms with Crippen molar-refractivity contribution in [3.8, 4) is 5.75 Å². The van der Waals surface area contributed by atoms with E-state index >= 15 is 0 Å². The normalized spacial score (nSPS) is 19.0. The fourth-order valence-electron chi connectivity index (χ4n) is 5.44. The molecule has 0 spiro atoms. The van der Waals surface area contributed by atoms with Crippen LogP contribution in [-0.4, -0.2) is 66.6 Å². The van der Waals surface area contributed by atoms with E-state index in [0.717, 1.165) is 36.6 Å². The maximum Gasteiger partial charge on any atom is 0.224 e. The summed E-state index contributed by atoms with van der Waals surface area (Å²) in [5.41, 5.74) is 6.73. The lowest BCUT2D eigenvalue weighted by Gasteiger charge is -2.25. The monoisotopic (exact) mass is 588 g/mol. The van der Waals surface area contributed by atoms with E-state index in [1.54, 1.807) is 12.0 Å². The lowest BCUT2D eigenvalue weighted by atomic mass is 10.00. The second-order valence-corrected chi connectivity index (χ2v) is 10.8. The van der Waals surface area contributed by atoms with E-state index in [1.807, 2.05) is 38.1 Å². The van der Waals surface area contributed by atoms with Gasteiger partial charge in [-0.05, 0) is 60.6 Å². The minimum atomic E-state index is -1.15. The zero-order valence-corrected chi connectivity index (χ0v) is 24.4. The van der Waals surface area contributed by atoms with Crippen LogP contribution in [0.2, 0.25) is 0 Å². The summed E-state index contributed by atoms with van der Waals surface area (Å²) < 4.78 is 33.1. The third kappa shape index (κ3) is 9.22. The third-order valence-corrected chi connectivity index (χ3v) is 7.54. The van der Waals surface area contributed by atoms with Crippen molar-refractivity contribution in [2.75, 3.05) is 26.7 Å². The number of primary amides is 1. The zero-order chi connectivity index (χ0) is 30.8. The molecule has 5 N–H and O–H groups in total. The molecule has 9 nitrogen and oxygen atoms in total. The van der Waals surface area contributed by atoms with Gasteiger partial charge >= 0.3 is 0 Å². The average molecular weight is 589 g/mol. The second kappa shape index (κ2) is 15.6. The number of aliphatic hydroxyl groups is 1. The van der Waals surface area contributed by atoms with E-state index in [-0.39, 0.29) is 30.9 Å². The number of hydrogen-bond acceptors (Lipinski definition) is 6. The van der Waals surface area contributed by atoms with Gasteiger partial charge in [0.05, 0.1) is 31.1 Å². The summed E-state index contributed by atoms with van der Waals surface area (Å²) in [7, 11) is 1.56. The van der Waals surface area contributed by atoms with Crippen molar-refractivity contribution in [1.82, 2.24) is 15.5 Å². The quantitative estimate of drug-likeness (QED) is 0.225. The number of carbonyl (C=O) groups is 3. The molecule has 11 heteroatoms. The molecule has 0 radical (unpaired) electrons. The molecule has 5 atom stereocenters. The van der Waals surface area contributed by atoms with Crippen molar-refractivity contribution in [2.45, 2.75) is 58.2 Å². The zero-order valence-electron chi connectivity index (χ0n) is 24.4. The van der Waals surface area contributed by atoms with Gasteiger partial charge in [-0.2, -0.15) is 0 Å². The summed E-state index contributed by atoms with van der Waals surface area (Å²) in [6, 6.07) is 9.45. The number of nitrogens with zero attached hydrogens (tertiary/aromatic N) is 1. The van der Waals surface area contributed by atoms with Crippen LogP contribution in [0.3, 0.4) is 0 Å². The number of halogens is 2. The predicted octanol–water partition coefficient (Wildman–Crippen LogP) is 2.54. The maximum absolute atomic E-state index is 13.9. The summed E-state index contributed by atoms with van der Waals surface area (Å²) in [6.07, 6.45) is 0.357. The van der Waals surface area contributed by atoms with Gasteiger partial charge in [-0.25, -0.2) is 8.78 Å². The summed E-state index contributed by atoms with van der Waals surface area (Å²) >= 11 is 0. The smallest absolute Gasteiger partial charge is 0.224 e. The molecule has 0 bridgehead atoms. The maximum atomic E-state index is 13.9. The highest BCUT2D eigenvalue weighted by atomic mass is 19.1. The Morgan fingerprint density at radius 3 is 2.29 bits per heavy atom. The van der Waals surface area contributed by atoms with Crippen molar-refractivity contribution >= 4 is 17.7 Å². The molecule has 3 rings (SSSR count). The fourth-order valence-corrected chi connectivity index (χ4v) is 5.44. The second-order valence-electron chi connectivity index (χ2n) is 10.8. The number of methoxy groups -OCH3 is 1. The number of rotatable bonds is 17. The van der Waals surface area contributed by atoms with Crippen LogP contribution in [0, 0.1) is 29.4 Å². The molecule has 0 heterocycles. The van der Waals surface area contributed by atoms with Gasteiger partial charge in [0, 0.05) is 38.7 Å². The van der Waals surface area contributed by atoms with E-state index in [2.05, 4.69) is 10.6 Å². The third-order valence-electron chi connectivity index (χ3n) is 7.54. The van der Waals surface area contributed by atoms with E-state index in [9.17, 15) is 28.3 Å². The van der Waals surface area contributed by atoms with Gasteiger partial charge in [0.2, 0.25) is 17.7 Å². The number of nitrogens with one attached hydrogen (secondary N) is 2.